The third-order valence-corrected chi connectivity index (χ3v) is 6.75. The number of aromatic nitrogens is 1. The molecule has 0 bridgehead atoms. The van der Waals surface area contributed by atoms with Crippen molar-refractivity contribution < 1.29 is 9.53 Å². The van der Waals surface area contributed by atoms with E-state index in [2.05, 4.69) is 34.1 Å². The van der Waals surface area contributed by atoms with E-state index < -0.39 is 0 Å². The van der Waals surface area contributed by atoms with Gasteiger partial charge in [-0.15, -0.1) is 0 Å². The van der Waals surface area contributed by atoms with Crippen molar-refractivity contribution in [3.8, 4) is 0 Å². The van der Waals surface area contributed by atoms with Crippen LogP contribution in [-0.4, -0.2) is 55.2 Å². The highest BCUT2D eigenvalue weighted by Crippen LogP contribution is 2.47. The number of rotatable bonds is 3. The molecule has 1 aromatic carbocycles. The van der Waals surface area contributed by atoms with Gasteiger partial charge < -0.3 is 14.5 Å². The molecule has 1 amide bonds. The summed E-state index contributed by atoms with van der Waals surface area (Å²) in [5.41, 5.74) is 3.78. The molecule has 146 valence electrons. The molecule has 28 heavy (non-hydrogen) atoms. The molecule has 0 saturated carbocycles. The number of amides is 1. The largest absolute Gasteiger partial charge is 0.381 e. The van der Waals surface area contributed by atoms with Gasteiger partial charge in [0.25, 0.3) is 5.91 Å². The van der Waals surface area contributed by atoms with Crippen molar-refractivity contribution in [3.05, 3.63) is 59.9 Å². The number of fused-ring (bicyclic) bond motifs is 2. The number of para-hydroxylation sites is 1. The first-order valence-electron chi connectivity index (χ1n) is 10.4. The van der Waals surface area contributed by atoms with E-state index in [-0.39, 0.29) is 11.3 Å². The summed E-state index contributed by atoms with van der Waals surface area (Å²) < 4.78 is 5.60. The Hall–Kier alpha value is -2.40. The number of hydrogen-bond donors (Lipinski definition) is 0. The number of benzene rings is 1. The Balaban J connectivity index is 1.33. The first-order chi connectivity index (χ1) is 13.8. The Bertz CT molecular complexity index is 840. The van der Waals surface area contributed by atoms with Gasteiger partial charge in [0.1, 0.15) is 0 Å². The van der Waals surface area contributed by atoms with Crippen LogP contribution in [0.2, 0.25) is 0 Å². The minimum Gasteiger partial charge on any atom is -0.381 e. The average Bonchev–Trinajstić information content (AvgIpc) is 3.37. The van der Waals surface area contributed by atoms with E-state index in [1.165, 1.54) is 17.7 Å². The Morgan fingerprint density at radius 2 is 1.93 bits per heavy atom. The fourth-order valence-corrected chi connectivity index (χ4v) is 5.18. The van der Waals surface area contributed by atoms with Crippen molar-refractivity contribution >= 4 is 11.6 Å². The Kier molecular flexibility index (Phi) is 4.55. The summed E-state index contributed by atoms with van der Waals surface area (Å²) in [6.45, 7) is 5.57. The molecule has 0 aliphatic carbocycles. The van der Waals surface area contributed by atoms with Crippen LogP contribution in [0.25, 0.3) is 0 Å². The molecular weight excluding hydrogens is 350 g/mol. The average molecular weight is 377 g/mol. The van der Waals surface area contributed by atoms with Gasteiger partial charge in [0, 0.05) is 67.8 Å². The summed E-state index contributed by atoms with van der Waals surface area (Å²) in [4.78, 5) is 21.4. The minimum atomic E-state index is 0.128. The van der Waals surface area contributed by atoms with Gasteiger partial charge >= 0.3 is 0 Å². The fourth-order valence-electron chi connectivity index (χ4n) is 5.18. The first-order valence-corrected chi connectivity index (χ1v) is 10.4. The van der Waals surface area contributed by atoms with Crippen molar-refractivity contribution in [1.82, 2.24) is 9.88 Å². The quantitative estimate of drug-likeness (QED) is 0.825. The number of anilines is 1. The van der Waals surface area contributed by atoms with Crippen LogP contribution < -0.4 is 4.90 Å². The van der Waals surface area contributed by atoms with E-state index in [0.29, 0.717) is 5.92 Å². The van der Waals surface area contributed by atoms with Gasteiger partial charge in [-0.3, -0.25) is 9.78 Å². The Labute approximate surface area is 166 Å². The second kappa shape index (κ2) is 7.21. The van der Waals surface area contributed by atoms with Crippen LogP contribution in [0.4, 0.5) is 5.69 Å². The minimum absolute atomic E-state index is 0.128. The molecule has 2 saturated heterocycles. The van der Waals surface area contributed by atoms with Crippen molar-refractivity contribution in [2.24, 2.45) is 5.92 Å². The molecule has 1 spiro atoms. The van der Waals surface area contributed by atoms with Crippen LogP contribution in [0.15, 0.2) is 48.8 Å². The summed E-state index contributed by atoms with van der Waals surface area (Å²) in [6.07, 6.45) is 6.60. The molecule has 1 atom stereocenters. The molecule has 0 radical (unpaired) electrons. The molecule has 0 N–H and O–H groups in total. The van der Waals surface area contributed by atoms with Gasteiger partial charge in [-0.2, -0.15) is 0 Å². The monoisotopic (exact) mass is 377 g/mol. The van der Waals surface area contributed by atoms with Crippen molar-refractivity contribution in [1.29, 1.82) is 0 Å². The summed E-state index contributed by atoms with van der Waals surface area (Å²) in [7, 11) is 0. The zero-order valence-corrected chi connectivity index (χ0v) is 16.2. The molecule has 3 aliphatic heterocycles. The SMILES string of the molecule is O=C(c1ccncc1)N1CCC2(CC1)CN(CC1CCOC1)c1ccccc12. The number of carbonyl (C=O) groups is 1. The van der Waals surface area contributed by atoms with Crippen LogP contribution in [0.5, 0.6) is 0 Å². The molecule has 1 unspecified atom stereocenters. The van der Waals surface area contributed by atoms with Gasteiger partial charge in [0.05, 0.1) is 6.61 Å². The lowest BCUT2D eigenvalue weighted by molar-refractivity contribution is 0.0673. The van der Waals surface area contributed by atoms with Crippen molar-refractivity contribution in [2.75, 3.05) is 44.3 Å². The molecule has 5 heteroatoms. The van der Waals surface area contributed by atoms with Gasteiger partial charge in [-0.1, -0.05) is 18.2 Å². The van der Waals surface area contributed by atoms with E-state index in [9.17, 15) is 4.79 Å². The van der Waals surface area contributed by atoms with E-state index >= 15 is 0 Å². The van der Waals surface area contributed by atoms with Crippen LogP contribution in [0, 0.1) is 5.92 Å². The smallest absolute Gasteiger partial charge is 0.253 e. The normalized spacial score (nSPS) is 23.2. The van der Waals surface area contributed by atoms with Crippen LogP contribution in [0.1, 0.15) is 35.2 Å². The van der Waals surface area contributed by atoms with Crippen LogP contribution in [0.3, 0.4) is 0 Å². The van der Waals surface area contributed by atoms with E-state index in [4.69, 9.17) is 4.74 Å². The maximum absolute atomic E-state index is 12.8. The number of nitrogens with zero attached hydrogens (tertiary/aromatic N) is 3. The van der Waals surface area contributed by atoms with E-state index in [1.807, 2.05) is 17.0 Å². The molecule has 2 fully saturated rings. The maximum Gasteiger partial charge on any atom is 0.253 e. The third kappa shape index (κ3) is 3.08. The lowest BCUT2D eigenvalue weighted by Gasteiger charge is -2.40. The zero-order valence-electron chi connectivity index (χ0n) is 16.2. The highest BCUT2D eigenvalue weighted by atomic mass is 16.5. The summed E-state index contributed by atoms with van der Waals surface area (Å²) in [5, 5.41) is 0. The molecular formula is C23H27N3O2. The van der Waals surface area contributed by atoms with Crippen LogP contribution in [-0.2, 0) is 10.2 Å². The van der Waals surface area contributed by atoms with Crippen molar-refractivity contribution in [2.45, 2.75) is 24.7 Å². The zero-order chi connectivity index (χ0) is 19.0. The number of hydrogen-bond acceptors (Lipinski definition) is 4. The summed E-state index contributed by atoms with van der Waals surface area (Å²) in [5.74, 6) is 0.764. The molecule has 3 aliphatic rings. The number of ether oxygens (including phenoxy) is 1. The first kappa shape index (κ1) is 17.7. The molecule has 5 rings (SSSR count). The number of piperidine rings is 1. The molecule has 2 aromatic rings. The molecule has 1 aromatic heterocycles. The van der Waals surface area contributed by atoms with E-state index in [0.717, 1.165) is 57.8 Å². The molecule has 4 heterocycles. The van der Waals surface area contributed by atoms with Crippen LogP contribution >= 0.6 is 0 Å². The second-order valence-electron chi connectivity index (χ2n) is 8.44. The van der Waals surface area contributed by atoms with Gasteiger partial charge in [0.2, 0.25) is 0 Å². The van der Waals surface area contributed by atoms with Gasteiger partial charge in [0.15, 0.2) is 0 Å². The predicted octanol–water partition coefficient (Wildman–Crippen LogP) is 3.11. The van der Waals surface area contributed by atoms with Gasteiger partial charge in [-0.05, 0) is 43.0 Å². The number of pyridine rings is 1. The lowest BCUT2D eigenvalue weighted by Crippen LogP contribution is -2.47. The topological polar surface area (TPSA) is 45.7 Å². The van der Waals surface area contributed by atoms with E-state index in [1.54, 1.807) is 12.4 Å². The highest BCUT2D eigenvalue weighted by Gasteiger charge is 2.45. The summed E-state index contributed by atoms with van der Waals surface area (Å²) >= 11 is 0. The third-order valence-electron chi connectivity index (χ3n) is 6.75. The van der Waals surface area contributed by atoms with Gasteiger partial charge in [-0.25, -0.2) is 0 Å². The Morgan fingerprint density at radius 1 is 1.14 bits per heavy atom. The fraction of sp³-hybridized carbons (Fsp3) is 0.478. The highest BCUT2D eigenvalue weighted by molar-refractivity contribution is 5.94. The number of likely N-dealkylation sites (tertiary alicyclic amines) is 1. The predicted molar refractivity (Wildman–Crippen MR) is 109 cm³/mol. The molecule has 5 nitrogen and oxygen atoms in total. The maximum atomic E-state index is 12.8. The Morgan fingerprint density at radius 3 is 2.68 bits per heavy atom. The lowest BCUT2D eigenvalue weighted by atomic mass is 9.74. The number of carbonyl (C=O) groups excluding carboxylic acids is 1. The summed E-state index contributed by atoms with van der Waals surface area (Å²) in [6, 6.07) is 12.5. The standard InChI is InChI=1S/C23H27N3O2/c27-22(19-5-10-24-11-6-19)25-12-8-23(9-13-25)17-26(15-18-7-14-28-16-18)21-4-2-1-3-20(21)23/h1-6,10-11,18H,7-9,12-17H2. The second-order valence-corrected chi connectivity index (χ2v) is 8.44. The van der Waals surface area contributed by atoms with Crippen molar-refractivity contribution in [3.63, 3.8) is 0 Å².